The molecule has 0 saturated carbocycles. The standard InChI is InChI=1S/C34H31N3O8S2/c1-4-44-24-16-20(10-15-23(24)38)26-27-28(31(41)37(30(27)40)22-13-6-18(3)7-14-22)46-32-29(26)47-34(43)36(32)17-25(39)35-21-11-8-19(9-12-21)33(42)45-5-2/h6-16,26-28,38H,4-5,17H2,1-3H3,(H,35,39)/t26-,27?,28?/m0/s1. The highest BCUT2D eigenvalue weighted by Gasteiger charge is 2.57. The number of nitrogens with one attached hydrogen (secondary N) is 1. The third kappa shape index (κ3) is 6.03. The van der Waals surface area contributed by atoms with Gasteiger partial charge >= 0.3 is 10.8 Å². The summed E-state index contributed by atoms with van der Waals surface area (Å²) < 4.78 is 12.0. The summed E-state index contributed by atoms with van der Waals surface area (Å²) in [6.45, 7) is 5.59. The van der Waals surface area contributed by atoms with E-state index in [4.69, 9.17) is 9.47 Å². The van der Waals surface area contributed by atoms with Crippen LogP contribution < -0.4 is 19.8 Å². The van der Waals surface area contributed by atoms with Crippen LogP contribution in [0.25, 0.3) is 0 Å². The molecule has 3 aromatic carbocycles. The highest BCUT2D eigenvalue weighted by Crippen LogP contribution is 2.54. The largest absolute Gasteiger partial charge is 0.504 e. The molecule has 2 aliphatic rings. The van der Waals surface area contributed by atoms with Gasteiger partial charge in [-0.1, -0.05) is 46.9 Å². The lowest BCUT2D eigenvalue weighted by molar-refractivity contribution is -0.122. The number of carbonyl (C=O) groups excluding carboxylic acids is 4. The number of anilines is 2. The lowest BCUT2D eigenvalue weighted by Gasteiger charge is -2.31. The summed E-state index contributed by atoms with van der Waals surface area (Å²) in [7, 11) is 0. The van der Waals surface area contributed by atoms with E-state index in [0.717, 1.165) is 28.7 Å². The first kappa shape index (κ1) is 32.1. The lowest BCUT2D eigenvalue weighted by atomic mass is 9.83. The second-order valence-corrected chi connectivity index (χ2v) is 13.1. The number of nitrogens with zero attached hydrogens (tertiary/aromatic N) is 2. The van der Waals surface area contributed by atoms with Crippen molar-refractivity contribution >= 4 is 58.2 Å². The van der Waals surface area contributed by atoms with Crippen LogP contribution in [0.1, 0.15) is 46.1 Å². The molecule has 3 amide bonds. The molecule has 6 rings (SSSR count). The van der Waals surface area contributed by atoms with Gasteiger partial charge < -0.3 is 19.9 Å². The first-order valence-corrected chi connectivity index (χ1v) is 16.7. The van der Waals surface area contributed by atoms with E-state index in [1.165, 1.54) is 27.7 Å². The van der Waals surface area contributed by atoms with Gasteiger partial charge in [-0.25, -0.2) is 9.69 Å². The molecule has 0 spiro atoms. The van der Waals surface area contributed by atoms with Gasteiger partial charge in [0.15, 0.2) is 11.5 Å². The van der Waals surface area contributed by atoms with E-state index in [1.807, 2.05) is 19.1 Å². The summed E-state index contributed by atoms with van der Waals surface area (Å²) in [4.78, 5) is 68.1. The van der Waals surface area contributed by atoms with E-state index >= 15 is 0 Å². The quantitative estimate of drug-likeness (QED) is 0.187. The molecule has 0 aliphatic carbocycles. The molecule has 0 bridgehead atoms. The average Bonchev–Trinajstić information content (AvgIpc) is 3.49. The van der Waals surface area contributed by atoms with E-state index in [-0.39, 0.29) is 31.3 Å². The number of phenolic OH excluding ortho intramolecular Hbond substituents is 1. The van der Waals surface area contributed by atoms with Crippen molar-refractivity contribution in [3.63, 3.8) is 0 Å². The van der Waals surface area contributed by atoms with Gasteiger partial charge in [0.1, 0.15) is 11.8 Å². The Morgan fingerprint density at radius 1 is 0.936 bits per heavy atom. The molecule has 242 valence electrons. The summed E-state index contributed by atoms with van der Waals surface area (Å²) in [6, 6.07) is 18.1. The van der Waals surface area contributed by atoms with Crippen LogP contribution in [-0.2, 0) is 25.7 Å². The second-order valence-electron chi connectivity index (χ2n) is 11.0. The van der Waals surface area contributed by atoms with Crippen molar-refractivity contribution in [2.24, 2.45) is 5.92 Å². The van der Waals surface area contributed by atoms with Gasteiger partial charge in [-0.05, 0) is 74.9 Å². The van der Waals surface area contributed by atoms with Crippen molar-refractivity contribution in [2.75, 3.05) is 23.4 Å². The molecule has 1 saturated heterocycles. The minimum Gasteiger partial charge on any atom is -0.504 e. The van der Waals surface area contributed by atoms with E-state index in [2.05, 4.69) is 5.32 Å². The molecule has 3 atom stereocenters. The number of thioether (sulfide) groups is 1. The molecule has 1 aromatic heterocycles. The number of hydrogen-bond acceptors (Lipinski definition) is 10. The number of esters is 1. The van der Waals surface area contributed by atoms with Crippen LogP contribution in [0.15, 0.2) is 76.6 Å². The minimum atomic E-state index is -0.871. The summed E-state index contributed by atoms with van der Waals surface area (Å²) >= 11 is 2.03. The van der Waals surface area contributed by atoms with Crippen molar-refractivity contribution in [1.29, 1.82) is 0 Å². The third-order valence-electron chi connectivity index (χ3n) is 7.97. The molecule has 0 radical (unpaired) electrons. The number of thiazole rings is 1. The van der Waals surface area contributed by atoms with Crippen molar-refractivity contribution < 1.29 is 33.8 Å². The zero-order valence-electron chi connectivity index (χ0n) is 25.7. The van der Waals surface area contributed by atoms with E-state index in [9.17, 15) is 29.1 Å². The number of amides is 3. The first-order chi connectivity index (χ1) is 22.6. The predicted molar refractivity (Wildman–Crippen MR) is 178 cm³/mol. The number of rotatable bonds is 9. The van der Waals surface area contributed by atoms with Crippen molar-refractivity contribution in [3.8, 4) is 11.5 Å². The molecular weight excluding hydrogens is 643 g/mol. The van der Waals surface area contributed by atoms with Crippen molar-refractivity contribution in [2.45, 2.75) is 43.5 Å². The number of imide groups is 1. The van der Waals surface area contributed by atoms with Crippen LogP contribution in [0, 0.1) is 12.8 Å². The highest BCUT2D eigenvalue weighted by atomic mass is 32.2. The lowest BCUT2D eigenvalue weighted by Crippen LogP contribution is -2.33. The molecule has 11 nitrogen and oxygen atoms in total. The van der Waals surface area contributed by atoms with Crippen LogP contribution in [0.5, 0.6) is 11.5 Å². The Hall–Kier alpha value is -4.88. The topological polar surface area (TPSA) is 144 Å². The summed E-state index contributed by atoms with van der Waals surface area (Å²) in [5, 5.41) is 12.7. The van der Waals surface area contributed by atoms with Crippen molar-refractivity contribution in [1.82, 2.24) is 4.57 Å². The van der Waals surface area contributed by atoms with Crippen LogP contribution in [0.2, 0.25) is 0 Å². The molecule has 3 heterocycles. The number of carbonyl (C=O) groups is 4. The van der Waals surface area contributed by atoms with Crippen LogP contribution in [0.4, 0.5) is 11.4 Å². The molecule has 47 heavy (non-hydrogen) atoms. The summed E-state index contributed by atoms with van der Waals surface area (Å²) in [5.41, 5.74) is 2.78. The van der Waals surface area contributed by atoms with Gasteiger partial charge in [0.25, 0.3) is 0 Å². The van der Waals surface area contributed by atoms with Crippen LogP contribution in [0.3, 0.4) is 0 Å². The average molecular weight is 674 g/mol. The maximum atomic E-state index is 14.1. The molecular formula is C34H31N3O8S2. The summed E-state index contributed by atoms with van der Waals surface area (Å²) in [6.07, 6.45) is 0. The van der Waals surface area contributed by atoms with Crippen LogP contribution in [-0.4, -0.2) is 51.8 Å². The maximum Gasteiger partial charge on any atom is 0.338 e. The molecule has 2 N–H and O–H groups in total. The fraction of sp³-hybridized carbons (Fsp3) is 0.265. The first-order valence-electron chi connectivity index (χ1n) is 15.0. The predicted octanol–water partition coefficient (Wildman–Crippen LogP) is 4.93. The Kier molecular flexibility index (Phi) is 8.93. The zero-order chi connectivity index (χ0) is 33.4. The van der Waals surface area contributed by atoms with Gasteiger partial charge in [-0.2, -0.15) is 0 Å². The number of hydrogen-bond donors (Lipinski definition) is 2. The van der Waals surface area contributed by atoms with E-state index < -0.39 is 45.6 Å². The fourth-order valence-electron chi connectivity index (χ4n) is 5.81. The normalized spacial score (nSPS) is 18.4. The second kappa shape index (κ2) is 13.1. The molecule has 4 aromatic rings. The van der Waals surface area contributed by atoms with Gasteiger partial charge in [0.2, 0.25) is 17.7 Å². The number of aryl methyl sites for hydroxylation is 1. The number of aromatic nitrogens is 1. The third-order valence-corrected chi connectivity index (χ3v) is 10.6. The Bertz CT molecular complexity index is 1930. The van der Waals surface area contributed by atoms with Gasteiger partial charge in [0.05, 0.1) is 35.4 Å². The highest BCUT2D eigenvalue weighted by molar-refractivity contribution is 8.00. The Morgan fingerprint density at radius 3 is 2.34 bits per heavy atom. The molecule has 2 unspecified atom stereocenters. The van der Waals surface area contributed by atoms with Gasteiger partial charge in [-0.15, -0.1) is 0 Å². The number of aromatic hydroxyl groups is 1. The fourth-order valence-corrected chi connectivity index (χ4v) is 8.58. The molecule has 2 aliphatic heterocycles. The Balaban J connectivity index is 1.36. The number of ether oxygens (including phenoxy) is 2. The van der Waals surface area contributed by atoms with E-state index in [0.29, 0.717) is 32.4 Å². The smallest absolute Gasteiger partial charge is 0.338 e. The minimum absolute atomic E-state index is 0.0784. The number of phenols is 1. The van der Waals surface area contributed by atoms with E-state index in [1.54, 1.807) is 50.2 Å². The van der Waals surface area contributed by atoms with Gasteiger partial charge in [-0.3, -0.25) is 23.7 Å². The summed E-state index contributed by atoms with van der Waals surface area (Å²) in [5.74, 6) is -3.21. The Morgan fingerprint density at radius 2 is 1.66 bits per heavy atom. The number of fused-ring (bicyclic) bond motifs is 2. The Labute approximate surface area is 278 Å². The zero-order valence-corrected chi connectivity index (χ0v) is 27.4. The van der Waals surface area contributed by atoms with Gasteiger partial charge in [0, 0.05) is 16.5 Å². The monoisotopic (exact) mass is 673 g/mol. The number of benzene rings is 3. The van der Waals surface area contributed by atoms with Crippen LogP contribution >= 0.6 is 23.1 Å². The SMILES string of the molecule is CCOC(=O)c1ccc(NC(=O)Cn2c3c(sc2=O)[C@@H](c2ccc(O)c(OCC)c2)C2C(=O)N(c4ccc(C)cc4)C(=O)C2S3)cc1. The molecule has 1 fully saturated rings. The van der Waals surface area contributed by atoms with Crippen molar-refractivity contribution in [3.05, 3.63) is 98.0 Å². The molecule has 13 heteroatoms. The maximum absolute atomic E-state index is 14.1.